The van der Waals surface area contributed by atoms with Crippen LogP contribution in [0.3, 0.4) is 0 Å². The maximum atomic E-state index is 9.45. The summed E-state index contributed by atoms with van der Waals surface area (Å²) in [4.78, 5) is 7.00. The van der Waals surface area contributed by atoms with Gasteiger partial charge in [-0.3, -0.25) is 0 Å². The summed E-state index contributed by atoms with van der Waals surface area (Å²) >= 11 is 0. The summed E-state index contributed by atoms with van der Waals surface area (Å²) in [6.45, 7) is 6.08. The van der Waals surface area contributed by atoms with E-state index in [4.69, 9.17) is 4.98 Å². The van der Waals surface area contributed by atoms with E-state index in [1.807, 2.05) is 18.2 Å². The number of pyridine rings is 1. The van der Waals surface area contributed by atoms with Crippen LogP contribution in [0.4, 0.5) is 5.82 Å². The Bertz CT molecular complexity index is 554. The first-order chi connectivity index (χ1) is 10.3. The van der Waals surface area contributed by atoms with Crippen LogP contribution in [0.1, 0.15) is 37.1 Å². The van der Waals surface area contributed by atoms with Gasteiger partial charge in [0.1, 0.15) is 5.82 Å². The van der Waals surface area contributed by atoms with Crippen molar-refractivity contribution in [1.82, 2.24) is 4.98 Å². The van der Waals surface area contributed by atoms with Crippen LogP contribution < -0.4 is 4.90 Å². The van der Waals surface area contributed by atoms with Gasteiger partial charge in [-0.2, -0.15) is 0 Å². The van der Waals surface area contributed by atoms with Crippen LogP contribution in [-0.4, -0.2) is 16.6 Å². The first-order valence-corrected chi connectivity index (χ1v) is 7.66. The second kappa shape index (κ2) is 7.79. The largest absolute Gasteiger partial charge is 0.392 e. The third kappa shape index (κ3) is 4.30. The number of hydrogen-bond donors (Lipinski definition) is 1. The lowest BCUT2D eigenvalue weighted by molar-refractivity contribution is 0.281. The van der Waals surface area contributed by atoms with Gasteiger partial charge in [-0.15, -0.1) is 0 Å². The molecular formula is C18H24N2O. The van der Waals surface area contributed by atoms with Crippen molar-refractivity contribution in [3.63, 3.8) is 0 Å². The Morgan fingerprint density at radius 3 is 2.43 bits per heavy atom. The molecule has 0 fully saturated rings. The Morgan fingerprint density at radius 1 is 1.05 bits per heavy atom. The van der Waals surface area contributed by atoms with E-state index in [9.17, 15) is 5.11 Å². The number of aryl methyl sites for hydroxylation is 1. The lowest BCUT2D eigenvalue weighted by Crippen LogP contribution is -2.23. The van der Waals surface area contributed by atoms with Gasteiger partial charge in [-0.1, -0.05) is 43.7 Å². The molecule has 3 nitrogen and oxygen atoms in total. The van der Waals surface area contributed by atoms with E-state index in [1.165, 1.54) is 5.56 Å². The minimum atomic E-state index is 0.0646. The van der Waals surface area contributed by atoms with Gasteiger partial charge in [0, 0.05) is 18.8 Å². The molecule has 3 heteroatoms. The average molecular weight is 284 g/mol. The number of hydrogen-bond acceptors (Lipinski definition) is 3. The fourth-order valence-electron chi connectivity index (χ4n) is 2.43. The molecule has 112 valence electrons. The lowest BCUT2D eigenvalue weighted by Gasteiger charge is -2.23. The average Bonchev–Trinajstić information content (AvgIpc) is 2.53. The quantitative estimate of drug-likeness (QED) is 0.844. The van der Waals surface area contributed by atoms with Gasteiger partial charge in [0.2, 0.25) is 0 Å². The molecule has 2 rings (SSSR count). The molecule has 0 atom stereocenters. The highest BCUT2D eigenvalue weighted by Crippen LogP contribution is 2.18. The van der Waals surface area contributed by atoms with Crippen molar-refractivity contribution < 1.29 is 5.11 Å². The third-order valence-electron chi connectivity index (χ3n) is 3.54. The Balaban J connectivity index is 2.26. The molecule has 1 N–H and O–H groups in total. The van der Waals surface area contributed by atoms with Crippen molar-refractivity contribution in [2.24, 2.45) is 0 Å². The molecule has 0 bridgehead atoms. The van der Waals surface area contributed by atoms with Gasteiger partial charge in [0.05, 0.1) is 6.61 Å². The summed E-state index contributed by atoms with van der Waals surface area (Å²) in [6.07, 6.45) is 2.01. The van der Waals surface area contributed by atoms with Crippen LogP contribution in [0.25, 0.3) is 0 Å². The lowest BCUT2D eigenvalue weighted by atomic mass is 10.1. The van der Waals surface area contributed by atoms with Crippen molar-refractivity contribution in [3.8, 4) is 0 Å². The first kappa shape index (κ1) is 15.5. The van der Waals surface area contributed by atoms with Crippen LogP contribution in [0.5, 0.6) is 0 Å². The first-order valence-electron chi connectivity index (χ1n) is 7.66. The Kier molecular flexibility index (Phi) is 5.76. The van der Waals surface area contributed by atoms with Crippen LogP contribution in [0.15, 0.2) is 42.5 Å². The number of aliphatic hydroxyl groups excluding tert-OH is 1. The molecule has 1 heterocycles. The fourth-order valence-corrected chi connectivity index (χ4v) is 2.43. The SMILES string of the molecule is CCCc1cc(CO)cc(N(CC)Cc2ccccc2)n1. The van der Waals surface area contributed by atoms with Crippen molar-refractivity contribution in [2.75, 3.05) is 11.4 Å². The second-order valence-electron chi connectivity index (χ2n) is 5.23. The van der Waals surface area contributed by atoms with Crippen LogP contribution in [0.2, 0.25) is 0 Å². The molecule has 1 aromatic heterocycles. The topological polar surface area (TPSA) is 36.4 Å². The zero-order valence-electron chi connectivity index (χ0n) is 12.9. The van der Waals surface area contributed by atoms with Crippen LogP contribution in [0, 0.1) is 0 Å². The maximum absolute atomic E-state index is 9.45. The summed E-state index contributed by atoms with van der Waals surface area (Å²) in [6, 6.07) is 14.4. The van der Waals surface area contributed by atoms with Crippen LogP contribution in [-0.2, 0) is 19.6 Å². The number of aromatic nitrogens is 1. The van der Waals surface area contributed by atoms with Crippen molar-refractivity contribution in [3.05, 3.63) is 59.3 Å². The molecule has 21 heavy (non-hydrogen) atoms. The summed E-state index contributed by atoms with van der Waals surface area (Å²) in [7, 11) is 0. The molecule has 0 aliphatic heterocycles. The zero-order chi connectivity index (χ0) is 15.1. The predicted molar refractivity (Wildman–Crippen MR) is 87.3 cm³/mol. The summed E-state index contributed by atoms with van der Waals surface area (Å²) in [5, 5.41) is 9.45. The van der Waals surface area contributed by atoms with E-state index >= 15 is 0 Å². The molecule has 0 saturated carbocycles. The molecule has 0 saturated heterocycles. The van der Waals surface area contributed by atoms with E-state index in [1.54, 1.807) is 0 Å². The Hall–Kier alpha value is -1.87. The molecule has 0 amide bonds. The zero-order valence-corrected chi connectivity index (χ0v) is 12.9. The minimum Gasteiger partial charge on any atom is -0.392 e. The van der Waals surface area contributed by atoms with Crippen molar-refractivity contribution in [2.45, 2.75) is 39.8 Å². The standard InChI is InChI=1S/C18H24N2O/c1-3-8-17-11-16(14-21)12-18(19-17)20(4-2)13-15-9-6-5-7-10-15/h5-7,9-12,21H,3-4,8,13-14H2,1-2H3. The fraction of sp³-hybridized carbons (Fsp3) is 0.389. The van der Waals surface area contributed by atoms with Gasteiger partial charge in [-0.05, 0) is 36.6 Å². The Labute approximate surface area is 127 Å². The van der Waals surface area contributed by atoms with Gasteiger partial charge < -0.3 is 10.0 Å². The van der Waals surface area contributed by atoms with E-state index in [-0.39, 0.29) is 6.61 Å². The molecule has 1 aromatic carbocycles. The maximum Gasteiger partial charge on any atom is 0.129 e. The predicted octanol–water partition coefficient (Wildman–Crippen LogP) is 3.55. The Morgan fingerprint density at radius 2 is 1.81 bits per heavy atom. The van der Waals surface area contributed by atoms with Crippen molar-refractivity contribution in [1.29, 1.82) is 0 Å². The van der Waals surface area contributed by atoms with Crippen LogP contribution >= 0.6 is 0 Å². The molecule has 0 aliphatic rings. The number of aliphatic hydroxyl groups is 1. The van der Waals surface area contributed by atoms with E-state index in [2.05, 4.69) is 43.0 Å². The molecule has 0 aliphatic carbocycles. The van der Waals surface area contributed by atoms with Gasteiger partial charge in [0.15, 0.2) is 0 Å². The number of nitrogens with zero attached hydrogens (tertiary/aromatic N) is 2. The van der Waals surface area contributed by atoms with Crippen molar-refractivity contribution >= 4 is 5.82 Å². The molecule has 0 radical (unpaired) electrons. The number of anilines is 1. The molecular weight excluding hydrogens is 260 g/mol. The summed E-state index contributed by atoms with van der Waals surface area (Å²) < 4.78 is 0. The highest BCUT2D eigenvalue weighted by atomic mass is 16.3. The third-order valence-corrected chi connectivity index (χ3v) is 3.54. The molecule has 0 unspecified atom stereocenters. The van der Waals surface area contributed by atoms with Gasteiger partial charge >= 0.3 is 0 Å². The minimum absolute atomic E-state index is 0.0646. The van der Waals surface area contributed by atoms with E-state index in [0.29, 0.717) is 0 Å². The molecule has 0 spiro atoms. The highest BCUT2D eigenvalue weighted by Gasteiger charge is 2.09. The summed E-state index contributed by atoms with van der Waals surface area (Å²) in [5.41, 5.74) is 3.27. The number of benzene rings is 1. The van der Waals surface area contributed by atoms with Gasteiger partial charge in [-0.25, -0.2) is 4.98 Å². The van der Waals surface area contributed by atoms with E-state index in [0.717, 1.165) is 43.0 Å². The smallest absolute Gasteiger partial charge is 0.129 e. The van der Waals surface area contributed by atoms with E-state index < -0.39 is 0 Å². The second-order valence-corrected chi connectivity index (χ2v) is 5.23. The monoisotopic (exact) mass is 284 g/mol. The highest BCUT2D eigenvalue weighted by molar-refractivity contribution is 5.43. The summed E-state index contributed by atoms with van der Waals surface area (Å²) in [5.74, 6) is 0.955. The van der Waals surface area contributed by atoms with Gasteiger partial charge in [0.25, 0.3) is 0 Å². The number of rotatable bonds is 7. The molecule has 2 aromatic rings. The normalized spacial score (nSPS) is 10.6.